The summed E-state index contributed by atoms with van der Waals surface area (Å²) in [5.74, 6) is 0. The fourth-order valence-electron chi connectivity index (χ4n) is 4.78. The number of ether oxygens (including phenoxy) is 3. The van der Waals surface area contributed by atoms with Gasteiger partial charge in [-0.3, -0.25) is 0 Å². The van der Waals surface area contributed by atoms with E-state index in [9.17, 15) is 0 Å². The predicted octanol–water partition coefficient (Wildman–Crippen LogP) is 2.21. The van der Waals surface area contributed by atoms with Crippen molar-refractivity contribution in [1.29, 1.82) is 0 Å². The lowest BCUT2D eigenvalue weighted by Gasteiger charge is -2.26. The van der Waals surface area contributed by atoms with E-state index in [4.69, 9.17) is 25.7 Å². The number of hydrogen-bond donors (Lipinski definition) is 2. The van der Waals surface area contributed by atoms with E-state index in [0.29, 0.717) is 31.4 Å². The molecule has 0 aromatic heterocycles. The van der Waals surface area contributed by atoms with Crippen LogP contribution in [0.15, 0.2) is 30.3 Å². The van der Waals surface area contributed by atoms with E-state index >= 15 is 0 Å². The van der Waals surface area contributed by atoms with Crippen molar-refractivity contribution < 1.29 is 14.2 Å². The van der Waals surface area contributed by atoms with E-state index in [1.165, 1.54) is 38.9 Å². The molecule has 0 radical (unpaired) electrons. The lowest BCUT2D eigenvalue weighted by molar-refractivity contribution is 0.397. The molecule has 0 spiro atoms. The van der Waals surface area contributed by atoms with Crippen LogP contribution in [0, 0.1) is 0 Å². The predicted molar refractivity (Wildman–Crippen MR) is 116 cm³/mol. The van der Waals surface area contributed by atoms with Crippen LogP contribution in [-0.4, -0.2) is 38.1 Å². The summed E-state index contributed by atoms with van der Waals surface area (Å²) >= 11 is 0. The van der Waals surface area contributed by atoms with Gasteiger partial charge in [0.2, 0.25) is 0 Å². The average molecular weight is 409 g/mol. The average Bonchev–Trinajstić information content (AvgIpc) is 3.61. The Hall–Kier alpha value is -1.76. The van der Waals surface area contributed by atoms with E-state index in [-0.39, 0.29) is 0 Å². The van der Waals surface area contributed by atoms with Crippen LogP contribution in [0.2, 0.25) is 0 Å². The Morgan fingerprint density at radius 1 is 0.600 bits per heavy atom. The fraction of sp³-hybridized carbons (Fsp3) is 0.520. The van der Waals surface area contributed by atoms with Crippen LogP contribution in [0.4, 0.5) is 0 Å². The molecule has 4 N–H and O–H groups in total. The first kappa shape index (κ1) is 20.2. The Morgan fingerprint density at radius 2 is 1.03 bits per heavy atom. The molecule has 3 fully saturated rings. The zero-order valence-corrected chi connectivity index (χ0v) is 17.6. The lowest BCUT2D eigenvalue weighted by Crippen LogP contribution is -2.21. The number of hydrogen-bond acceptors (Lipinski definition) is 5. The second kappa shape index (κ2) is 8.77. The minimum absolute atomic E-state index is 0.319. The molecule has 3 atom stereocenters. The van der Waals surface area contributed by atoms with Crippen molar-refractivity contribution in [2.45, 2.75) is 63.5 Å². The van der Waals surface area contributed by atoms with Gasteiger partial charge in [0, 0.05) is 32.4 Å². The van der Waals surface area contributed by atoms with Gasteiger partial charge < -0.3 is 25.7 Å². The summed E-state index contributed by atoms with van der Waals surface area (Å²) in [6, 6.07) is 10.7. The van der Waals surface area contributed by atoms with Crippen LogP contribution in [0.5, 0.6) is 0 Å². The monoisotopic (exact) mass is 408 g/mol. The van der Waals surface area contributed by atoms with Crippen LogP contribution in [0.1, 0.15) is 38.9 Å². The molecule has 3 aliphatic rings. The molecule has 2 aromatic rings. The SMILES string of the molecule is NCc1c(CN)c(CC2CO2)c(CC2CO2)c(CC2CO2)c1CCc1ccccc1. The van der Waals surface area contributed by atoms with E-state index in [2.05, 4.69) is 30.3 Å². The van der Waals surface area contributed by atoms with Crippen LogP contribution in [0.25, 0.3) is 0 Å². The molecule has 30 heavy (non-hydrogen) atoms. The maximum Gasteiger partial charge on any atom is 0.0850 e. The lowest BCUT2D eigenvalue weighted by atomic mass is 9.80. The second-order valence-electron chi connectivity index (χ2n) is 8.74. The maximum atomic E-state index is 6.35. The van der Waals surface area contributed by atoms with Gasteiger partial charge in [0.05, 0.1) is 38.1 Å². The molecule has 5 rings (SSSR count). The van der Waals surface area contributed by atoms with E-state index < -0.39 is 0 Å². The number of epoxide rings is 3. The first-order valence-electron chi connectivity index (χ1n) is 11.2. The molecule has 5 nitrogen and oxygen atoms in total. The van der Waals surface area contributed by atoms with Crippen molar-refractivity contribution in [3.8, 4) is 0 Å². The molecule has 2 aromatic carbocycles. The van der Waals surface area contributed by atoms with Crippen LogP contribution < -0.4 is 11.5 Å². The molecule has 0 amide bonds. The first-order valence-corrected chi connectivity index (χ1v) is 11.2. The standard InChI is InChI=1S/C25H32N2O3/c26-11-24-20(7-6-16-4-2-1-3-5-16)21(8-17-13-28-17)22(9-18-14-29-18)23(25(24)12-27)10-19-15-30-19/h1-5,17-19H,6-15,26-27H2. The van der Waals surface area contributed by atoms with E-state index in [1.807, 2.05) is 0 Å². The summed E-state index contributed by atoms with van der Waals surface area (Å²) in [5, 5.41) is 0. The van der Waals surface area contributed by atoms with E-state index in [0.717, 1.165) is 51.9 Å². The van der Waals surface area contributed by atoms with Crippen LogP contribution in [0.3, 0.4) is 0 Å². The van der Waals surface area contributed by atoms with Gasteiger partial charge in [-0.05, 0) is 51.8 Å². The third-order valence-electron chi connectivity index (χ3n) is 6.60. The molecule has 0 aliphatic carbocycles. The Bertz CT molecular complexity index is 887. The van der Waals surface area contributed by atoms with Gasteiger partial charge in [0.25, 0.3) is 0 Å². The number of nitrogens with two attached hydrogens (primary N) is 2. The van der Waals surface area contributed by atoms with Crippen molar-refractivity contribution in [3.63, 3.8) is 0 Å². The Kier molecular flexibility index (Phi) is 5.89. The van der Waals surface area contributed by atoms with Gasteiger partial charge >= 0.3 is 0 Å². The van der Waals surface area contributed by atoms with Crippen LogP contribution >= 0.6 is 0 Å². The number of rotatable bonds is 11. The number of benzene rings is 2. The molecular weight excluding hydrogens is 376 g/mol. The van der Waals surface area contributed by atoms with Crippen molar-refractivity contribution in [3.05, 3.63) is 69.3 Å². The van der Waals surface area contributed by atoms with Gasteiger partial charge in [-0.2, -0.15) is 0 Å². The third kappa shape index (κ3) is 4.61. The minimum atomic E-state index is 0.319. The second-order valence-corrected chi connectivity index (χ2v) is 8.74. The van der Waals surface area contributed by atoms with Gasteiger partial charge in [0.15, 0.2) is 0 Å². The summed E-state index contributed by atoms with van der Waals surface area (Å²) < 4.78 is 16.9. The summed E-state index contributed by atoms with van der Waals surface area (Å²) in [6.45, 7) is 3.60. The largest absolute Gasteiger partial charge is 0.373 e. The zero-order valence-electron chi connectivity index (χ0n) is 17.6. The Labute approximate surface area is 178 Å². The smallest absolute Gasteiger partial charge is 0.0850 e. The normalized spacial score (nSPS) is 24.1. The highest BCUT2D eigenvalue weighted by Gasteiger charge is 2.34. The van der Waals surface area contributed by atoms with Gasteiger partial charge in [0.1, 0.15) is 0 Å². The molecule has 0 saturated carbocycles. The molecule has 5 heteroatoms. The molecule has 3 unspecified atom stereocenters. The summed E-state index contributed by atoms with van der Waals surface area (Å²) in [6.07, 6.45) is 5.81. The fourth-order valence-corrected chi connectivity index (χ4v) is 4.78. The summed E-state index contributed by atoms with van der Waals surface area (Å²) in [5.41, 5.74) is 22.2. The Morgan fingerprint density at radius 3 is 1.50 bits per heavy atom. The van der Waals surface area contributed by atoms with Crippen LogP contribution in [-0.2, 0) is 59.4 Å². The molecule has 3 heterocycles. The number of aryl methyl sites for hydroxylation is 1. The van der Waals surface area contributed by atoms with Crippen molar-refractivity contribution in [2.24, 2.45) is 11.5 Å². The molecular formula is C25H32N2O3. The van der Waals surface area contributed by atoms with E-state index in [1.54, 1.807) is 0 Å². The highest BCUT2D eigenvalue weighted by atomic mass is 16.6. The molecule has 0 bridgehead atoms. The minimum Gasteiger partial charge on any atom is -0.373 e. The maximum absolute atomic E-state index is 6.35. The van der Waals surface area contributed by atoms with Gasteiger partial charge in [-0.25, -0.2) is 0 Å². The highest BCUT2D eigenvalue weighted by molar-refractivity contribution is 5.54. The van der Waals surface area contributed by atoms with Crippen molar-refractivity contribution >= 4 is 0 Å². The van der Waals surface area contributed by atoms with Gasteiger partial charge in [-0.15, -0.1) is 0 Å². The zero-order chi connectivity index (χ0) is 20.5. The van der Waals surface area contributed by atoms with Crippen molar-refractivity contribution in [2.75, 3.05) is 19.8 Å². The van der Waals surface area contributed by atoms with Crippen molar-refractivity contribution in [1.82, 2.24) is 0 Å². The van der Waals surface area contributed by atoms with Gasteiger partial charge in [-0.1, -0.05) is 30.3 Å². The Balaban J connectivity index is 1.59. The molecule has 160 valence electrons. The first-order chi connectivity index (χ1) is 14.8. The third-order valence-corrected chi connectivity index (χ3v) is 6.60. The summed E-state index contributed by atoms with van der Waals surface area (Å²) in [7, 11) is 0. The molecule has 3 aliphatic heterocycles. The topological polar surface area (TPSA) is 89.6 Å². The quantitative estimate of drug-likeness (QED) is 0.557. The molecule has 3 saturated heterocycles. The highest BCUT2D eigenvalue weighted by Crippen LogP contribution is 2.36. The summed E-state index contributed by atoms with van der Waals surface area (Å²) in [4.78, 5) is 0.